The topological polar surface area (TPSA) is 49.3 Å². The van der Waals surface area contributed by atoms with Gasteiger partial charge in [0.15, 0.2) is 0 Å². The number of benzene rings is 2. The molecule has 2 aromatic carbocycles. The Bertz CT molecular complexity index is 755. The molecule has 0 unspecified atom stereocenters. The van der Waals surface area contributed by atoms with Gasteiger partial charge >= 0.3 is 5.97 Å². The smallest absolute Gasteiger partial charge is 0.306 e. The highest BCUT2D eigenvalue weighted by Gasteiger charge is 2.25. The number of carboxylic acids is 1. The molecule has 0 aromatic heterocycles. The fourth-order valence-corrected chi connectivity index (χ4v) is 3.95. The number of aliphatic carboxylic acids is 1. The van der Waals surface area contributed by atoms with Gasteiger partial charge in [-0.2, -0.15) is 0 Å². The first-order valence-corrected chi connectivity index (χ1v) is 9.29. The van der Waals surface area contributed by atoms with E-state index in [1.54, 1.807) is 6.07 Å². The number of hydrogen-bond acceptors (Lipinski definition) is 2. The zero-order valence-corrected chi connectivity index (χ0v) is 15.4. The Kier molecular flexibility index (Phi) is 6.00. The Morgan fingerprint density at radius 1 is 1.04 bits per heavy atom. The quantitative estimate of drug-likeness (QED) is 0.733. The summed E-state index contributed by atoms with van der Waals surface area (Å²) >= 11 is 12.4. The molecule has 0 aliphatic heterocycles. The van der Waals surface area contributed by atoms with Gasteiger partial charge in [-0.25, -0.2) is 0 Å². The fourth-order valence-electron chi connectivity index (χ4n) is 3.44. The Morgan fingerprint density at radius 3 is 2.44 bits per heavy atom. The lowest BCUT2D eigenvalue weighted by Gasteiger charge is -2.27. The number of rotatable bonds is 5. The minimum Gasteiger partial charge on any atom is -0.481 e. The van der Waals surface area contributed by atoms with Crippen molar-refractivity contribution in [3.05, 3.63) is 58.1 Å². The summed E-state index contributed by atoms with van der Waals surface area (Å²) < 4.78 is 0. The van der Waals surface area contributed by atoms with Crippen molar-refractivity contribution in [2.45, 2.75) is 38.3 Å². The molecule has 1 aliphatic carbocycles. The molecule has 0 saturated heterocycles. The highest BCUT2D eigenvalue weighted by Crippen LogP contribution is 2.33. The Hall–Kier alpha value is -1.55. The van der Waals surface area contributed by atoms with Gasteiger partial charge in [-0.3, -0.25) is 4.79 Å². The maximum atomic E-state index is 11.1. The highest BCUT2D eigenvalue weighted by atomic mass is 35.5. The molecule has 1 aliphatic rings. The lowest BCUT2D eigenvalue weighted by molar-refractivity contribution is -0.142. The van der Waals surface area contributed by atoms with Crippen LogP contribution in [-0.4, -0.2) is 17.1 Å². The number of nitrogens with one attached hydrogen (secondary N) is 1. The van der Waals surface area contributed by atoms with Crippen molar-refractivity contribution < 1.29 is 9.90 Å². The second-order valence-corrected chi connectivity index (χ2v) is 7.39. The third kappa shape index (κ3) is 4.55. The van der Waals surface area contributed by atoms with Crippen molar-refractivity contribution in [1.29, 1.82) is 0 Å². The van der Waals surface area contributed by atoms with Crippen molar-refractivity contribution in [1.82, 2.24) is 5.32 Å². The average Bonchev–Trinajstić information content (AvgIpc) is 2.61. The van der Waals surface area contributed by atoms with E-state index in [1.807, 2.05) is 24.3 Å². The third-order valence-electron chi connectivity index (χ3n) is 4.90. The van der Waals surface area contributed by atoms with Crippen molar-refractivity contribution in [3.63, 3.8) is 0 Å². The van der Waals surface area contributed by atoms with E-state index in [0.717, 1.165) is 43.4 Å². The van der Waals surface area contributed by atoms with E-state index < -0.39 is 5.97 Å². The predicted octanol–water partition coefficient (Wildman–Crippen LogP) is 5.39. The average molecular weight is 378 g/mol. The fraction of sp³-hybridized carbons (Fsp3) is 0.350. The molecule has 2 aromatic rings. The minimum atomic E-state index is -0.666. The molecule has 25 heavy (non-hydrogen) atoms. The van der Waals surface area contributed by atoms with Crippen LogP contribution in [0.15, 0.2) is 42.5 Å². The first-order valence-electron chi connectivity index (χ1n) is 8.54. The van der Waals surface area contributed by atoms with Crippen LogP contribution in [0.1, 0.15) is 31.2 Å². The van der Waals surface area contributed by atoms with Gasteiger partial charge in [0.25, 0.3) is 0 Å². The predicted molar refractivity (Wildman–Crippen MR) is 102 cm³/mol. The number of carbonyl (C=O) groups is 1. The van der Waals surface area contributed by atoms with Crippen molar-refractivity contribution in [3.8, 4) is 11.1 Å². The molecular weight excluding hydrogens is 357 g/mol. The lowest BCUT2D eigenvalue weighted by atomic mass is 9.86. The molecule has 1 saturated carbocycles. The van der Waals surface area contributed by atoms with Gasteiger partial charge in [-0.15, -0.1) is 0 Å². The van der Waals surface area contributed by atoms with Gasteiger partial charge in [-0.1, -0.05) is 53.5 Å². The largest absolute Gasteiger partial charge is 0.481 e. The van der Waals surface area contributed by atoms with Crippen LogP contribution in [0.2, 0.25) is 10.0 Å². The molecule has 1 fully saturated rings. The second kappa shape index (κ2) is 8.22. The monoisotopic (exact) mass is 377 g/mol. The summed E-state index contributed by atoms with van der Waals surface area (Å²) in [6, 6.07) is 14.1. The van der Waals surface area contributed by atoms with E-state index in [4.69, 9.17) is 28.3 Å². The van der Waals surface area contributed by atoms with Crippen molar-refractivity contribution in [2.24, 2.45) is 5.92 Å². The van der Waals surface area contributed by atoms with Crippen LogP contribution in [0.5, 0.6) is 0 Å². The molecule has 5 heteroatoms. The maximum absolute atomic E-state index is 11.1. The molecule has 0 heterocycles. The zero-order valence-electron chi connectivity index (χ0n) is 13.8. The van der Waals surface area contributed by atoms with Gasteiger partial charge in [0.2, 0.25) is 0 Å². The van der Waals surface area contributed by atoms with Crippen LogP contribution in [0.4, 0.5) is 0 Å². The van der Waals surface area contributed by atoms with E-state index in [-0.39, 0.29) is 5.92 Å². The molecule has 3 rings (SSSR count). The molecule has 0 bridgehead atoms. The van der Waals surface area contributed by atoms with Crippen LogP contribution in [0.25, 0.3) is 11.1 Å². The summed E-state index contributed by atoms with van der Waals surface area (Å²) in [5.74, 6) is -0.848. The highest BCUT2D eigenvalue weighted by molar-refractivity contribution is 6.36. The molecule has 0 spiro atoms. The summed E-state index contributed by atoms with van der Waals surface area (Å²) in [5.41, 5.74) is 3.24. The lowest BCUT2D eigenvalue weighted by Crippen LogP contribution is -2.34. The molecule has 2 N–H and O–H groups in total. The summed E-state index contributed by atoms with van der Waals surface area (Å²) in [4.78, 5) is 11.1. The van der Waals surface area contributed by atoms with Crippen LogP contribution >= 0.6 is 23.2 Å². The van der Waals surface area contributed by atoms with Crippen LogP contribution in [0, 0.1) is 5.92 Å². The van der Waals surface area contributed by atoms with E-state index in [9.17, 15) is 4.79 Å². The molecule has 0 radical (unpaired) electrons. The van der Waals surface area contributed by atoms with Gasteiger partial charge in [0.05, 0.1) is 5.92 Å². The molecular formula is C20H21Cl2NO2. The first kappa shape index (κ1) is 18.2. The summed E-state index contributed by atoms with van der Waals surface area (Å²) in [5, 5.41) is 13.9. The van der Waals surface area contributed by atoms with Crippen LogP contribution in [-0.2, 0) is 11.3 Å². The Labute approximate surface area is 158 Å². The zero-order chi connectivity index (χ0) is 17.8. The van der Waals surface area contributed by atoms with Crippen LogP contribution < -0.4 is 5.32 Å². The van der Waals surface area contributed by atoms with Gasteiger partial charge in [-0.05, 0) is 48.9 Å². The van der Waals surface area contributed by atoms with Gasteiger partial charge in [0.1, 0.15) is 0 Å². The SMILES string of the molecule is O=C(O)C1CCC(NCc2ccccc2-c2ccc(Cl)cc2Cl)CC1. The van der Waals surface area contributed by atoms with Gasteiger partial charge in [0, 0.05) is 28.2 Å². The van der Waals surface area contributed by atoms with E-state index >= 15 is 0 Å². The molecule has 3 nitrogen and oxygen atoms in total. The minimum absolute atomic E-state index is 0.182. The Morgan fingerprint density at radius 2 is 1.76 bits per heavy atom. The van der Waals surface area contributed by atoms with Crippen molar-refractivity contribution in [2.75, 3.05) is 0 Å². The third-order valence-corrected chi connectivity index (χ3v) is 5.44. The second-order valence-electron chi connectivity index (χ2n) is 6.55. The van der Waals surface area contributed by atoms with E-state index in [1.165, 1.54) is 5.56 Å². The number of carboxylic acid groups (broad SMARTS) is 1. The number of hydrogen-bond donors (Lipinski definition) is 2. The molecule has 0 atom stereocenters. The summed E-state index contributed by atoms with van der Waals surface area (Å²) in [7, 11) is 0. The van der Waals surface area contributed by atoms with Crippen molar-refractivity contribution >= 4 is 29.2 Å². The first-order chi connectivity index (χ1) is 12.0. The summed E-state index contributed by atoms with van der Waals surface area (Å²) in [6.07, 6.45) is 3.30. The summed E-state index contributed by atoms with van der Waals surface area (Å²) in [6.45, 7) is 0.734. The Balaban J connectivity index is 1.69. The van der Waals surface area contributed by atoms with Gasteiger partial charge < -0.3 is 10.4 Å². The molecule has 132 valence electrons. The van der Waals surface area contributed by atoms with E-state index in [2.05, 4.69) is 17.4 Å². The maximum Gasteiger partial charge on any atom is 0.306 e. The van der Waals surface area contributed by atoms with Crippen LogP contribution in [0.3, 0.4) is 0 Å². The van der Waals surface area contributed by atoms with E-state index in [0.29, 0.717) is 16.1 Å². The normalized spacial score (nSPS) is 20.4. The molecule has 0 amide bonds. The standard InChI is InChI=1S/C20H21Cl2NO2/c21-15-7-10-18(19(22)11-15)17-4-2-1-3-14(17)12-23-16-8-5-13(6-9-16)20(24)25/h1-4,7,10-11,13,16,23H,5-6,8-9,12H2,(H,24,25). The number of halogens is 2.